The summed E-state index contributed by atoms with van der Waals surface area (Å²) in [6.07, 6.45) is 5.05. The first-order valence-electron chi connectivity index (χ1n) is 16.5. The van der Waals surface area contributed by atoms with Crippen LogP contribution in [0.2, 0.25) is 0 Å². The Morgan fingerprint density at radius 3 is 2.04 bits per heavy atom. The van der Waals surface area contributed by atoms with E-state index in [2.05, 4.69) is 47.0 Å². The molecule has 6 rings (SSSR count). The van der Waals surface area contributed by atoms with Crippen LogP contribution in [-0.2, 0) is 14.5 Å². The van der Waals surface area contributed by atoms with Gasteiger partial charge in [-0.1, -0.05) is 45.0 Å². The van der Waals surface area contributed by atoms with E-state index in [1.165, 1.54) is 0 Å². The molecular weight excluding hydrogens is 680 g/mol. The van der Waals surface area contributed by atoms with Crippen molar-refractivity contribution in [1.29, 1.82) is 0 Å². The molecule has 0 saturated carbocycles. The molecule has 0 fully saturated rings. The van der Waals surface area contributed by atoms with Crippen molar-refractivity contribution in [3.8, 4) is 11.4 Å². The fourth-order valence-corrected chi connectivity index (χ4v) is 7.28. The highest BCUT2D eigenvalue weighted by molar-refractivity contribution is 7.70. The fourth-order valence-electron chi connectivity index (χ4n) is 5.54. The standard InChI is InChI=1S/C38H43N7O4P2/c1-37(2,3)34-24-35(45(44-34)27-14-18-29(19-15-27)51(6,7)48)42-36(46)41-32-20-21-33(31-11-9-8-10-30(31)32)49-38(22-23-39-25-40-38)43-26-12-16-28(17-13-26)50(4,5)47/h8-25,43H,1-7H3,(H,39,40)(H2,41,42,46). The molecule has 2 amide bonds. The largest absolute Gasteiger partial charge is 0.444 e. The van der Waals surface area contributed by atoms with E-state index in [9.17, 15) is 13.9 Å². The van der Waals surface area contributed by atoms with Gasteiger partial charge >= 0.3 is 11.9 Å². The fraction of sp³-hybridized carbons (Fsp3) is 0.237. The molecule has 0 radical (unpaired) electrons. The van der Waals surface area contributed by atoms with Crippen LogP contribution in [-0.4, -0.2) is 54.7 Å². The predicted octanol–water partition coefficient (Wildman–Crippen LogP) is 7.75. The Morgan fingerprint density at radius 2 is 1.45 bits per heavy atom. The Bertz CT molecular complexity index is 2230. The van der Waals surface area contributed by atoms with E-state index >= 15 is 0 Å². The van der Waals surface area contributed by atoms with Crippen molar-refractivity contribution in [1.82, 2.24) is 15.1 Å². The van der Waals surface area contributed by atoms with E-state index in [-0.39, 0.29) is 5.41 Å². The van der Waals surface area contributed by atoms with E-state index in [0.717, 1.165) is 38.5 Å². The predicted molar refractivity (Wildman–Crippen MR) is 211 cm³/mol. The third-order valence-electron chi connectivity index (χ3n) is 8.38. The molecule has 51 heavy (non-hydrogen) atoms. The summed E-state index contributed by atoms with van der Waals surface area (Å²) in [5.74, 6) is -0.254. The van der Waals surface area contributed by atoms with Crippen LogP contribution in [0.5, 0.6) is 5.75 Å². The molecule has 4 aromatic carbocycles. The molecule has 1 aliphatic heterocycles. The van der Waals surface area contributed by atoms with Gasteiger partial charge in [0.05, 0.1) is 23.4 Å². The van der Waals surface area contributed by atoms with Crippen LogP contribution in [0.15, 0.2) is 108 Å². The van der Waals surface area contributed by atoms with Crippen LogP contribution in [0.1, 0.15) is 26.5 Å². The number of benzene rings is 4. The lowest BCUT2D eigenvalue weighted by molar-refractivity contribution is 0.161. The van der Waals surface area contributed by atoms with Gasteiger partial charge in [-0.2, -0.15) is 5.10 Å². The van der Waals surface area contributed by atoms with E-state index < -0.39 is 26.2 Å². The zero-order valence-electron chi connectivity index (χ0n) is 29.8. The summed E-state index contributed by atoms with van der Waals surface area (Å²) in [4.78, 5) is 18.2. The number of urea groups is 1. The normalized spacial score (nSPS) is 16.1. The Labute approximate surface area is 298 Å². The molecule has 0 aliphatic carbocycles. The minimum Gasteiger partial charge on any atom is -0.444 e. The Hall–Kier alpha value is -5.11. The number of fused-ring (bicyclic) bond motifs is 1. The number of aliphatic imine (C=N–C) groups is 1. The molecule has 13 heteroatoms. The van der Waals surface area contributed by atoms with E-state index in [4.69, 9.17) is 9.84 Å². The highest BCUT2D eigenvalue weighted by Crippen LogP contribution is 2.38. The highest BCUT2D eigenvalue weighted by Gasteiger charge is 2.31. The van der Waals surface area contributed by atoms with Gasteiger partial charge in [-0.15, -0.1) is 0 Å². The minimum absolute atomic E-state index is 0.273. The summed E-state index contributed by atoms with van der Waals surface area (Å²) in [5, 5.41) is 20.2. The molecule has 0 bridgehead atoms. The summed E-state index contributed by atoms with van der Waals surface area (Å²) in [5.41, 5.74) is 2.57. The number of anilines is 3. The van der Waals surface area contributed by atoms with Gasteiger partial charge in [-0.25, -0.2) is 14.5 Å². The van der Waals surface area contributed by atoms with Crippen LogP contribution in [0.25, 0.3) is 16.5 Å². The second kappa shape index (κ2) is 13.5. The highest BCUT2D eigenvalue weighted by atomic mass is 31.2. The average molecular weight is 724 g/mol. The first-order chi connectivity index (χ1) is 24.0. The van der Waals surface area contributed by atoms with Crippen LogP contribution in [0.4, 0.5) is 22.0 Å². The van der Waals surface area contributed by atoms with Crippen LogP contribution >= 0.6 is 14.3 Å². The second-order valence-electron chi connectivity index (χ2n) is 14.3. The SMILES string of the molecule is CC(C)(C)c1cc(NC(=O)Nc2ccc(OC3(Nc4ccc(P(C)(C)=O)cc4)C=CNC=N3)c3ccccc23)n(-c2ccc(P(C)(C)=O)cc2)n1. The topological polar surface area (TPSA) is 139 Å². The number of ether oxygens (including phenoxy) is 1. The van der Waals surface area contributed by atoms with E-state index in [0.29, 0.717) is 17.3 Å². The first kappa shape index (κ1) is 35.7. The summed E-state index contributed by atoms with van der Waals surface area (Å²) >= 11 is 0. The van der Waals surface area contributed by atoms with Gasteiger partial charge in [-0.3, -0.25) is 5.32 Å². The number of aromatic nitrogens is 2. The van der Waals surface area contributed by atoms with Crippen molar-refractivity contribution in [3.05, 3.63) is 109 Å². The van der Waals surface area contributed by atoms with Crippen LogP contribution in [0.3, 0.4) is 0 Å². The van der Waals surface area contributed by atoms with Gasteiger partial charge in [0.2, 0.25) is 0 Å². The third kappa shape index (κ3) is 8.11. The number of hydrogen-bond acceptors (Lipinski definition) is 8. The quantitative estimate of drug-likeness (QED) is 0.0901. The number of rotatable bonds is 9. The molecular formula is C38H43N7O4P2. The molecule has 4 N–H and O–H groups in total. The lowest BCUT2D eigenvalue weighted by Gasteiger charge is -2.31. The van der Waals surface area contributed by atoms with Crippen molar-refractivity contribution < 1.29 is 18.7 Å². The molecule has 0 spiro atoms. The lowest BCUT2D eigenvalue weighted by atomic mass is 9.92. The molecule has 0 saturated heterocycles. The lowest BCUT2D eigenvalue weighted by Crippen LogP contribution is -2.43. The Kier molecular flexibility index (Phi) is 9.49. The third-order valence-corrected chi connectivity index (χ3v) is 11.5. The van der Waals surface area contributed by atoms with Crippen molar-refractivity contribution >= 4 is 65.2 Å². The second-order valence-corrected chi connectivity index (χ2v) is 20.7. The molecule has 2 heterocycles. The number of carbonyl (C=O) groups is 1. The van der Waals surface area contributed by atoms with Crippen LogP contribution in [0, 0.1) is 0 Å². The van der Waals surface area contributed by atoms with E-state index in [1.54, 1.807) is 62.1 Å². The molecule has 264 valence electrons. The maximum atomic E-state index is 13.6. The number of carbonyl (C=O) groups excluding carboxylic acids is 1. The molecule has 11 nitrogen and oxygen atoms in total. The molecule has 5 aromatic rings. The monoisotopic (exact) mass is 723 g/mol. The Morgan fingerprint density at radius 1 is 0.824 bits per heavy atom. The van der Waals surface area contributed by atoms with Gasteiger partial charge in [0.25, 0.3) is 0 Å². The maximum Gasteiger partial charge on any atom is 0.324 e. The number of nitrogens with zero attached hydrogens (tertiary/aromatic N) is 3. The van der Waals surface area contributed by atoms with Crippen molar-refractivity contribution in [2.24, 2.45) is 4.99 Å². The average Bonchev–Trinajstić information content (AvgIpc) is 3.50. The zero-order chi connectivity index (χ0) is 36.6. The molecule has 1 unspecified atom stereocenters. The number of nitrogens with one attached hydrogen (secondary N) is 4. The van der Waals surface area contributed by atoms with Gasteiger partial charge in [0, 0.05) is 50.8 Å². The smallest absolute Gasteiger partial charge is 0.324 e. The number of hydrogen-bond donors (Lipinski definition) is 4. The first-order valence-corrected chi connectivity index (χ1v) is 21.7. The number of amides is 2. The van der Waals surface area contributed by atoms with E-state index in [1.807, 2.05) is 78.9 Å². The van der Waals surface area contributed by atoms with Crippen molar-refractivity contribution in [2.45, 2.75) is 32.0 Å². The maximum absolute atomic E-state index is 13.6. The molecule has 1 atom stereocenters. The summed E-state index contributed by atoms with van der Waals surface area (Å²) in [7, 11) is -4.83. The molecule has 1 aromatic heterocycles. The van der Waals surface area contributed by atoms with Gasteiger partial charge < -0.3 is 29.8 Å². The van der Waals surface area contributed by atoms with Crippen molar-refractivity contribution in [2.75, 3.05) is 42.6 Å². The van der Waals surface area contributed by atoms with Crippen molar-refractivity contribution in [3.63, 3.8) is 0 Å². The van der Waals surface area contributed by atoms with Gasteiger partial charge in [-0.05, 0) is 87.3 Å². The Balaban J connectivity index is 1.27. The van der Waals surface area contributed by atoms with Crippen LogP contribution < -0.4 is 36.6 Å². The summed E-state index contributed by atoms with van der Waals surface area (Å²) in [6, 6.07) is 27.4. The summed E-state index contributed by atoms with van der Waals surface area (Å²) in [6.45, 7) is 13.1. The minimum atomic E-state index is -2.43. The van der Waals surface area contributed by atoms with Gasteiger partial charge in [0.15, 0.2) is 0 Å². The van der Waals surface area contributed by atoms with Gasteiger partial charge in [0.1, 0.15) is 25.9 Å². The summed E-state index contributed by atoms with van der Waals surface area (Å²) < 4.78 is 33.4. The zero-order valence-corrected chi connectivity index (χ0v) is 31.6. The molecule has 1 aliphatic rings.